The standard InChI is InChI=1S/C19H16ClFN2O3/c1-22-9-13-8-14(19(25)26)18(24)23-10-11(5-6-16(13)23)7-12-3-2-4-15(20)17(12)21/h2-6,8,10,22H,7,9H2,1H3,(H,25,26). The molecule has 0 radical (unpaired) electrons. The van der Waals surface area contributed by atoms with Crippen LogP contribution in [0.3, 0.4) is 0 Å². The molecular formula is C19H16ClFN2O3. The first-order valence-electron chi connectivity index (χ1n) is 7.90. The van der Waals surface area contributed by atoms with Crippen LogP contribution >= 0.6 is 11.6 Å². The van der Waals surface area contributed by atoms with Gasteiger partial charge in [-0.3, -0.25) is 9.20 Å². The van der Waals surface area contributed by atoms with Crippen molar-refractivity contribution in [1.82, 2.24) is 9.72 Å². The Morgan fingerprint density at radius 3 is 2.73 bits per heavy atom. The minimum Gasteiger partial charge on any atom is -0.477 e. The molecule has 7 heteroatoms. The second-order valence-corrected chi connectivity index (χ2v) is 6.31. The maximum Gasteiger partial charge on any atom is 0.341 e. The molecule has 3 aromatic rings. The number of benzene rings is 1. The van der Waals surface area contributed by atoms with Crippen molar-refractivity contribution in [3.63, 3.8) is 0 Å². The number of nitrogens with zero attached hydrogens (tertiary/aromatic N) is 1. The van der Waals surface area contributed by atoms with Gasteiger partial charge in [0.1, 0.15) is 11.4 Å². The van der Waals surface area contributed by atoms with E-state index < -0.39 is 17.3 Å². The van der Waals surface area contributed by atoms with E-state index in [4.69, 9.17) is 11.6 Å². The Hall–Kier alpha value is -2.70. The van der Waals surface area contributed by atoms with Crippen LogP contribution in [0.25, 0.3) is 5.52 Å². The van der Waals surface area contributed by atoms with E-state index in [1.54, 1.807) is 37.5 Å². The van der Waals surface area contributed by atoms with E-state index in [1.807, 2.05) is 0 Å². The van der Waals surface area contributed by atoms with E-state index in [-0.39, 0.29) is 17.0 Å². The van der Waals surface area contributed by atoms with E-state index in [1.165, 1.54) is 16.5 Å². The number of hydrogen-bond acceptors (Lipinski definition) is 3. The molecule has 2 aromatic heterocycles. The van der Waals surface area contributed by atoms with Crippen LogP contribution in [0.5, 0.6) is 0 Å². The van der Waals surface area contributed by atoms with Crippen molar-refractivity contribution in [2.75, 3.05) is 7.05 Å². The van der Waals surface area contributed by atoms with Gasteiger partial charge in [0, 0.05) is 19.2 Å². The van der Waals surface area contributed by atoms with Crippen LogP contribution in [0.1, 0.15) is 27.0 Å². The number of hydrogen-bond donors (Lipinski definition) is 2. The van der Waals surface area contributed by atoms with Gasteiger partial charge in [-0.2, -0.15) is 0 Å². The molecule has 2 N–H and O–H groups in total. The fourth-order valence-corrected chi connectivity index (χ4v) is 3.10. The molecule has 0 atom stereocenters. The van der Waals surface area contributed by atoms with E-state index in [0.29, 0.717) is 28.8 Å². The predicted octanol–water partition coefficient (Wildman–Crippen LogP) is 3.10. The number of pyridine rings is 2. The molecule has 0 spiro atoms. The molecule has 0 aliphatic rings. The minimum absolute atomic E-state index is 0.0323. The third-order valence-corrected chi connectivity index (χ3v) is 4.42. The first-order valence-corrected chi connectivity index (χ1v) is 8.28. The summed E-state index contributed by atoms with van der Waals surface area (Å²) >= 11 is 5.81. The molecule has 0 aliphatic heterocycles. The summed E-state index contributed by atoms with van der Waals surface area (Å²) in [6.45, 7) is 0.409. The highest BCUT2D eigenvalue weighted by Crippen LogP contribution is 2.21. The van der Waals surface area contributed by atoms with Gasteiger partial charge < -0.3 is 10.4 Å². The van der Waals surface area contributed by atoms with Crippen LogP contribution in [0.2, 0.25) is 5.02 Å². The number of rotatable bonds is 5. The lowest BCUT2D eigenvalue weighted by Crippen LogP contribution is -2.24. The SMILES string of the molecule is CNCc1cc(C(=O)O)c(=O)n2cc(Cc3cccc(Cl)c3F)ccc12. The fraction of sp³-hybridized carbons (Fsp3) is 0.158. The van der Waals surface area contributed by atoms with Gasteiger partial charge in [0.25, 0.3) is 5.56 Å². The highest BCUT2D eigenvalue weighted by molar-refractivity contribution is 6.30. The minimum atomic E-state index is -1.28. The molecule has 5 nitrogen and oxygen atoms in total. The largest absolute Gasteiger partial charge is 0.477 e. The Labute approximate surface area is 153 Å². The maximum absolute atomic E-state index is 14.1. The van der Waals surface area contributed by atoms with Gasteiger partial charge in [-0.25, -0.2) is 9.18 Å². The fourth-order valence-electron chi connectivity index (χ4n) is 2.91. The summed E-state index contributed by atoms with van der Waals surface area (Å²) < 4.78 is 15.4. The predicted molar refractivity (Wildman–Crippen MR) is 97.6 cm³/mol. The Morgan fingerprint density at radius 2 is 2.04 bits per heavy atom. The molecule has 0 amide bonds. The van der Waals surface area contributed by atoms with Crippen LogP contribution in [-0.4, -0.2) is 22.5 Å². The number of nitrogens with one attached hydrogen (secondary N) is 1. The molecule has 3 rings (SSSR count). The van der Waals surface area contributed by atoms with Crippen LogP contribution in [0.15, 0.2) is 47.4 Å². The summed E-state index contributed by atoms with van der Waals surface area (Å²) in [7, 11) is 1.73. The van der Waals surface area contributed by atoms with Crippen LogP contribution in [-0.2, 0) is 13.0 Å². The second kappa shape index (κ2) is 7.27. The summed E-state index contributed by atoms with van der Waals surface area (Å²) in [4.78, 5) is 23.9. The number of aromatic nitrogens is 1. The lowest BCUT2D eigenvalue weighted by molar-refractivity contribution is 0.0694. The van der Waals surface area contributed by atoms with E-state index in [0.717, 1.165) is 0 Å². The summed E-state index contributed by atoms with van der Waals surface area (Å²) in [5, 5.41) is 12.3. The first-order chi connectivity index (χ1) is 12.4. The summed E-state index contributed by atoms with van der Waals surface area (Å²) in [6.07, 6.45) is 1.77. The van der Waals surface area contributed by atoms with Crippen LogP contribution < -0.4 is 10.9 Å². The Kier molecular flexibility index (Phi) is 5.06. The average Bonchev–Trinajstić information content (AvgIpc) is 2.61. The topological polar surface area (TPSA) is 70.8 Å². The quantitative estimate of drug-likeness (QED) is 0.720. The molecule has 2 heterocycles. The molecule has 0 bridgehead atoms. The molecule has 134 valence electrons. The third-order valence-electron chi connectivity index (χ3n) is 4.13. The lowest BCUT2D eigenvalue weighted by atomic mass is 10.0. The highest BCUT2D eigenvalue weighted by atomic mass is 35.5. The van der Waals surface area contributed by atoms with Gasteiger partial charge in [0.15, 0.2) is 0 Å². The number of aromatic carboxylic acids is 1. The number of halogens is 2. The van der Waals surface area contributed by atoms with Crippen LogP contribution in [0.4, 0.5) is 4.39 Å². The van der Waals surface area contributed by atoms with Crippen molar-refractivity contribution in [3.8, 4) is 0 Å². The normalized spacial score (nSPS) is 11.0. The maximum atomic E-state index is 14.1. The highest BCUT2D eigenvalue weighted by Gasteiger charge is 2.15. The molecule has 0 fully saturated rings. The van der Waals surface area contributed by atoms with E-state index >= 15 is 0 Å². The van der Waals surface area contributed by atoms with E-state index in [9.17, 15) is 19.1 Å². The smallest absolute Gasteiger partial charge is 0.341 e. The van der Waals surface area contributed by atoms with Gasteiger partial charge in [-0.05, 0) is 41.9 Å². The second-order valence-electron chi connectivity index (χ2n) is 5.91. The summed E-state index contributed by atoms with van der Waals surface area (Å²) in [5.74, 6) is -1.79. The van der Waals surface area contributed by atoms with Crippen molar-refractivity contribution >= 4 is 23.1 Å². The first kappa shape index (κ1) is 18.1. The molecule has 0 saturated heterocycles. The lowest BCUT2D eigenvalue weighted by Gasteiger charge is -2.12. The van der Waals surface area contributed by atoms with Crippen molar-refractivity contribution in [1.29, 1.82) is 0 Å². The zero-order valence-corrected chi connectivity index (χ0v) is 14.7. The molecule has 0 unspecified atom stereocenters. The van der Waals surface area contributed by atoms with Crippen molar-refractivity contribution in [3.05, 3.63) is 86.0 Å². The molecular weight excluding hydrogens is 359 g/mol. The Morgan fingerprint density at radius 1 is 1.27 bits per heavy atom. The summed E-state index contributed by atoms with van der Waals surface area (Å²) in [5.41, 5.74) is 1.42. The van der Waals surface area contributed by atoms with Crippen molar-refractivity contribution in [2.24, 2.45) is 0 Å². The summed E-state index contributed by atoms with van der Waals surface area (Å²) in [6, 6.07) is 9.64. The monoisotopic (exact) mass is 374 g/mol. The van der Waals surface area contributed by atoms with Crippen molar-refractivity contribution < 1.29 is 14.3 Å². The van der Waals surface area contributed by atoms with Gasteiger partial charge in [-0.15, -0.1) is 0 Å². The molecule has 0 aliphatic carbocycles. The molecule has 26 heavy (non-hydrogen) atoms. The molecule has 1 aromatic carbocycles. The third kappa shape index (κ3) is 3.34. The number of carboxylic acids is 1. The number of fused-ring (bicyclic) bond motifs is 1. The number of carbonyl (C=O) groups is 1. The van der Waals surface area contributed by atoms with Crippen molar-refractivity contribution in [2.45, 2.75) is 13.0 Å². The number of carboxylic acid groups (broad SMARTS) is 1. The average molecular weight is 375 g/mol. The van der Waals surface area contributed by atoms with E-state index in [2.05, 4.69) is 5.32 Å². The zero-order chi connectivity index (χ0) is 18.8. The van der Waals surface area contributed by atoms with Gasteiger partial charge in [0.05, 0.1) is 10.5 Å². The van der Waals surface area contributed by atoms with Gasteiger partial charge >= 0.3 is 5.97 Å². The van der Waals surface area contributed by atoms with Gasteiger partial charge in [-0.1, -0.05) is 29.8 Å². The van der Waals surface area contributed by atoms with Crippen LogP contribution in [0, 0.1) is 5.82 Å². The Bertz CT molecular complexity index is 1060. The zero-order valence-electron chi connectivity index (χ0n) is 13.9. The van der Waals surface area contributed by atoms with Gasteiger partial charge in [0.2, 0.25) is 0 Å². The molecule has 0 saturated carbocycles. The Balaban J connectivity index is 2.15.